The van der Waals surface area contributed by atoms with Crippen molar-refractivity contribution in [2.24, 2.45) is 7.05 Å². The molecule has 0 aliphatic rings. The lowest BCUT2D eigenvalue weighted by Gasteiger charge is -1.92. The van der Waals surface area contributed by atoms with Crippen LogP contribution in [0.4, 0.5) is 5.82 Å². The topological polar surface area (TPSA) is 93.9 Å². The van der Waals surface area contributed by atoms with Crippen molar-refractivity contribution >= 4 is 11.8 Å². The Kier molecular flexibility index (Phi) is 2.19. The van der Waals surface area contributed by atoms with Gasteiger partial charge in [-0.2, -0.15) is 10.4 Å². The summed E-state index contributed by atoms with van der Waals surface area (Å²) in [6.45, 7) is 0. The maximum atomic E-state index is 11.1. The quantitative estimate of drug-likeness (QED) is 0.596. The van der Waals surface area contributed by atoms with Gasteiger partial charge < -0.3 is 10.5 Å². The molecule has 0 spiro atoms. The molecular weight excluding hydrogens is 172 g/mol. The van der Waals surface area contributed by atoms with Crippen molar-refractivity contribution in [2.45, 2.75) is 0 Å². The Labute approximate surface area is 74.5 Å². The molecule has 0 saturated heterocycles. The number of aromatic nitrogens is 2. The van der Waals surface area contributed by atoms with E-state index in [1.54, 1.807) is 13.1 Å². The number of rotatable bonds is 1. The van der Waals surface area contributed by atoms with Gasteiger partial charge in [0.1, 0.15) is 17.5 Å². The Hall–Kier alpha value is -2.03. The van der Waals surface area contributed by atoms with Gasteiger partial charge in [-0.05, 0) is 0 Å². The van der Waals surface area contributed by atoms with E-state index in [1.165, 1.54) is 11.8 Å². The van der Waals surface area contributed by atoms with Crippen LogP contribution in [-0.2, 0) is 11.8 Å². The van der Waals surface area contributed by atoms with Gasteiger partial charge in [-0.3, -0.25) is 4.68 Å². The number of hydrogen-bond acceptors (Lipinski definition) is 5. The van der Waals surface area contributed by atoms with E-state index in [0.29, 0.717) is 0 Å². The SMILES string of the molecule is COC(=O)c1nn(C)c(N)c1C#N. The molecule has 0 saturated carbocycles. The van der Waals surface area contributed by atoms with Crippen molar-refractivity contribution < 1.29 is 9.53 Å². The van der Waals surface area contributed by atoms with E-state index in [-0.39, 0.29) is 17.1 Å². The van der Waals surface area contributed by atoms with E-state index in [4.69, 9.17) is 11.0 Å². The average Bonchev–Trinajstić information content (AvgIpc) is 2.42. The largest absolute Gasteiger partial charge is 0.464 e. The molecule has 1 rings (SSSR count). The van der Waals surface area contributed by atoms with E-state index in [0.717, 1.165) is 0 Å². The Morgan fingerprint density at radius 3 is 2.85 bits per heavy atom. The molecule has 0 aliphatic heterocycles. The fraction of sp³-hybridized carbons (Fsp3) is 0.286. The molecule has 0 atom stereocenters. The third-order valence-corrected chi connectivity index (χ3v) is 1.58. The highest BCUT2D eigenvalue weighted by atomic mass is 16.5. The van der Waals surface area contributed by atoms with Gasteiger partial charge >= 0.3 is 5.97 Å². The Morgan fingerprint density at radius 2 is 2.38 bits per heavy atom. The second kappa shape index (κ2) is 3.15. The van der Waals surface area contributed by atoms with Crippen molar-refractivity contribution in [3.8, 4) is 6.07 Å². The molecule has 68 valence electrons. The smallest absolute Gasteiger partial charge is 0.360 e. The summed E-state index contributed by atoms with van der Waals surface area (Å²) in [5.74, 6) is -0.508. The van der Waals surface area contributed by atoms with Gasteiger partial charge in [0.15, 0.2) is 5.69 Å². The van der Waals surface area contributed by atoms with Gasteiger partial charge in [0.2, 0.25) is 0 Å². The van der Waals surface area contributed by atoms with Crippen LogP contribution in [-0.4, -0.2) is 22.9 Å². The number of nitrogens with two attached hydrogens (primary N) is 1. The van der Waals surface area contributed by atoms with Crippen LogP contribution in [0.25, 0.3) is 0 Å². The minimum atomic E-state index is -0.663. The minimum Gasteiger partial charge on any atom is -0.464 e. The molecule has 0 unspecified atom stereocenters. The predicted octanol–water partition coefficient (Wildman–Crippen LogP) is -0.339. The molecule has 0 fully saturated rings. The number of anilines is 1. The van der Waals surface area contributed by atoms with Gasteiger partial charge in [0.25, 0.3) is 0 Å². The first-order valence-corrected chi connectivity index (χ1v) is 3.42. The van der Waals surface area contributed by atoms with Crippen LogP contribution in [0.5, 0.6) is 0 Å². The van der Waals surface area contributed by atoms with Gasteiger partial charge in [-0.15, -0.1) is 0 Å². The van der Waals surface area contributed by atoms with Crippen LogP contribution in [0, 0.1) is 11.3 Å². The highest BCUT2D eigenvalue weighted by Gasteiger charge is 2.20. The van der Waals surface area contributed by atoms with Crippen molar-refractivity contribution in [1.82, 2.24) is 9.78 Å². The van der Waals surface area contributed by atoms with Crippen LogP contribution in [0.1, 0.15) is 16.1 Å². The zero-order valence-corrected chi connectivity index (χ0v) is 7.24. The van der Waals surface area contributed by atoms with E-state index in [2.05, 4.69) is 9.84 Å². The fourth-order valence-electron chi connectivity index (χ4n) is 0.887. The van der Waals surface area contributed by atoms with Gasteiger partial charge in [-0.1, -0.05) is 0 Å². The summed E-state index contributed by atoms with van der Waals surface area (Å²) in [6, 6.07) is 1.79. The molecule has 0 aromatic carbocycles. The lowest BCUT2D eigenvalue weighted by Crippen LogP contribution is -2.04. The van der Waals surface area contributed by atoms with Crippen molar-refractivity contribution in [1.29, 1.82) is 5.26 Å². The van der Waals surface area contributed by atoms with Crippen LogP contribution in [0.15, 0.2) is 0 Å². The summed E-state index contributed by atoms with van der Waals surface area (Å²) < 4.78 is 5.68. The zero-order chi connectivity index (χ0) is 10.0. The Bertz CT molecular complexity index is 388. The van der Waals surface area contributed by atoms with Gasteiger partial charge in [-0.25, -0.2) is 4.79 Å². The molecule has 0 amide bonds. The maximum absolute atomic E-state index is 11.1. The highest BCUT2D eigenvalue weighted by Crippen LogP contribution is 2.14. The number of aryl methyl sites for hydroxylation is 1. The minimum absolute atomic E-state index is 0.0503. The molecular formula is C7H8N4O2. The molecule has 6 heteroatoms. The monoisotopic (exact) mass is 180 g/mol. The van der Waals surface area contributed by atoms with E-state index >= 15 is 0 Å². The maximum Gasteiger partial charge on any atom is 0.360 e. The van der Waals surface area contributed by atoms with E-state index in [9.17, 15) is 4.79 Å². The average molecular weight is 180 g/mol. The fourth-order valence-corrected chi connectivity index (χ4v) is 0.887. The zero-order valence-electron chi connectivity index (χ0n) is 7.24. The summed E-state index contributed by atoms with van der Waals surface area (Å²) in [5.41, 5.74) is 5.48. The number of ether oxygens (including phenoxy) is 1. The summed E-state index contributed by atoms with van der Waals surface area (Å²) in [7, 11) is 2.76. The summed E-state index contributed by atoms with van der Waals surface area (Å²) in [5, 5.41) is 12.4. The second-order valence-electron chi connectivity index (χ2n) is 2.34. The van der Waals surface area contributed by atoms with Crippen LogP contribution in [0.2, 0.25) is 0 Å². The normalized spacial score (nSPS) is 9.31. The number of esters is 1. The number of nitrogen functional groups attached to an aromatic ring is 1. The summed E-state index contributed by atoms with van der Waals surface area (Å²) in [4.78, 5) is 11.1. The lowest BCUT2D eigenvalue weighted by molar-refractivity contribution is 0.0593. The lowest BCUT2D eigenvalue weighted by atomic mass is 10.2. The molecule has 0 aliphatic carbocycles. The van der Waals surface area contributed by atoms with E-state index < -0.39 is 5.97 Å². The van der Waals surface area contributed by atoms with Crippen molar-refractivity contribution in [2.75, 3.05) is 12.8 Å². The molecule has 0 radical (unpaired) electrons. The molecule has 6 nitrogen and oxygen atoms in total. The molecule has 0 bridgehead atoms. The molecule has 13 heavy (non-hydrogen) atoms. The third-order valence-electron chi connectivity index (χ3n) is 1.58. The number of carbonyl (C=O) groups is 1. The molecule has 2 N–H and O–H groups in total. The van der Waals surface area contributed by atoms with Crippen LogP contribution < -0.4 is 5.73 Å². The first kappa shape index (κ1) is 9.06. The summed E-state index contributed by atoms with van der Waals surface area (Å²) in [6.07, 6.45) is 0. The Balaban J connectivity index is 3.31. The summed E-state index contributed by atoms with van der Waals surface area (Å²) >= 11 is 0. The van der Waals surface area contributed by atoms with Gasteiger partial charge in [0.05, 0.1) is 7.11 Å². The number of hydrogen-bond donors (Lipinski definition) is 1. The number of nitrogens with zero attached hydrogens (tertiary/aromatic N) is 3. The van der Waals surface area contributed by atoms with Crippen LogP contribution >= 0.6 is 0 Å². The van der Waals surface area contributed by atoms with Crippen molar-refractivity contribution in [3.63, 3.8) is 0 Å². The Morgan fingerprint density at radius 1 is 1.77 bits per heavy atom. The number of carbonyl (C=O) groups excluding carboxylic acids is 1. The van der Waals surface area contributed by atoms with E-state index in [1.807, 2.05) is 0 Å². The first-order chi connectivity index (χ1) is 6.11. The molecule has 1 aromatic heterocycles. The van der Waals surface area contributed by atoms with Crippen LogP contribution in [0.3, 0.4) is 0 Å². The molecule has 1 heterocycles. The first-order valence-electron chi connectivity index (χ1n) is 3.42. The number of nitriles is 1. The molecule has 1 aromatic rings. The van der Waals surface area contributed by atoms with Gasteiger partial charge in [0, 0.05) is 7.05 Å². The highest BCUT2D eigenvalue weighted by molar-refractivity contribution is 5.91. The standard InChI is InChI=1S/C7H8N4O2/c1-11-6(9)4(3-8)5(10-11)7(12)13-2/h9H2,1-2H3. The third kappa shape index (κ3) is 1.31. The van der Waals surface area contributed by atoms with Crippen molar-refractivity contribution in [3.05, 3.63) is 11.3 Å². The predicted molar refractivity (Wildman–Crippen MR) is 43.7 cm³/mol. The second-order valence-corrected chi connectivity index (χ2v) is 2.34. The number of methoxy groups -OCH3 is 1.